The number of thioether (sulfide) groups is 1. The van der Waals surface area contributed by atoms with E-state index in [0.717, 1.165) is 21.9 Å². The highest BCUT2D eigenvalue weighted by molar-refractivity contribution is 7.99. The lowest BCUT2D eigenvalue weighted by atomic mass is 9.95. The molecule has 1 aliphatic rings. The molecule has 5 heteroatoms. The molecule has 3 aromatic rings. The van der Waals surface area contributed by atoms with E-state index in [1.807, 2.05) is 60.7 Å². The van der Waals surface area contributed by atoms with Gasteiger partial charge in [-0.15, -0.1) is 11.8 Å². The first-order valence-electron chi connectivity index (χ1n) is 8.64. The van der Waals surface area contributed by atoms with Crippen molar-refractivity contribution < 1.29 is 4.79 Å². The molecule has 1 aliphatic heterocycles. The van der Waals surface area contributed by atoms with Crippen molar-refractivity contribution in [1.82, 2.24) is 9.55 Å². The quantitative estimate of drug-likeness (QED) is 0.655. The van der Waals surface area contributed by atoms with Crippen molar-refractivity contribution in [3.8, 4) is 11.4 Å². The summed E-state index contributed by atoms with van der Waals surface area (Å²) in [5.41, 5.74) is 2.26. The molecule has 0 saturated heterocycles. The zero-order chi connectivity index (χ0) is 18.1. The van der Waals surface area contributed by atoms with E-state index in [4.69, 9.17) is 4.98 Å². The smallest absolute Gasteiger partial charge is 0.265 e. The molecule has 130 valence electrons. The highest BCUT2D eigenvalue weighted by Crippen LogP contribution is 2.40. The first kappa shape index (κ1) is 16.8. The Balaban J connectivity index is 1.95. The third kappa shape index (κ3) is 2.78. The molecule has 0 spiro atoms. The molecule has 0 N–H and O–H groups in total. The van der Waals surface area contributed by atoms with Crippen molar-refractivity contribution >= 4 is 17.7 Å². The maximum Gasteiger partial charge on any atom is 0.265 e. The first-order valence-corrected chi connectivity index (χ1v) is 9.62. The molecule has 0 bridgehead atoms. The van der Waals surface area contributed by atoms with Gasteiger partial charge < -0.3 is 0 Å². The minimum Gasteiger partial charge on any atom is -0.274 e. The molecule has 0 amide bonds. The summed E-state index contributed by atoms with van der Waals surface area (Å²) in [6.07, 6.45) is 0.253. The second kappa shape index (κ2) is 6.92. The molecule has 4 nitrogen and oxygen atoms in total. The monoisotopic (exact) mass is 362 g/mol. The molecular formula is C21H18N2O2S. The third-order valence-electron chi connectivity index (χ3n) is 4.60. The van der Waals surface area contributed by atoms with Crippen LogP contribution in [0.2, 0.25) is 0 Å². The van der Waals surface area contributed by atoms with Gasteiger partial charge >= 0.3 is 0 Å². The van der Waals surface area contributed by atoms with Gasteiger partial charge in [-0.2, -0.15) is 0 Å². The van der Waals surface area contributed by atoms with Gasteiger partial charge in [0.1, 0.15) is 5.03 Å². The number of aromatic nitrogens is 2. The lowest BCUT2D eigenvalue weighted by molar-refractivity contribution is 0.0904. The lowest BCUT2D eigenvalue weighted by Gasteiger charge is -2.15. The summed E-state index contributed by atoms with van der Waals surface area (Å²) in [7, 11) is 0. The van der Waals surface area contributed by atoms with E-state index >= 15 is 0 Å². The first-order chi connectivity index (χ1) is 12.7. The third-order valence-corrected chi connectivity index (χ3v) is 5.69. The molecule has 0 unspecified atom stereocenters. The van der Waals surface area contributed by atoms with E-state index in [-0.39, 0.29) is 23.8 Å². The molecular weight excluding hydrogens is 344 g/mol. The molecule has 4 rings (SSSR count). The Kier molecular flexibility index (Phi) is 4.47. The number of rotatable bonds is 3. The van der Waals surface area contributed by atoms with Crippen molar-refractivity contribution in [2.24, 2.45) is 0 Å². The summed E-state index contributed by atoms with van der Waals surface area (Å²) in [4.78, 5) is 30.6. The number of nitrogens with zero attached hydrogens (tertiary/aromatic N) is 2. The maximum atomic E-state index is 13.3. The Labute approximate surface area is 155 Å². The number of carbonyl (C=O) groups is 1. The van der Waals surface area contributed by atoms with Crippen molar-refractivity contribution in [3.05, 3.63) is 82.1 Å². The van der Waals surface area contributed by atoms with Crippen LogP contribution in [0.15, 0.2) is 70.5 Å². The van der Waals surface area contributed by atoms with Crippen LogP contribution in [0.5, 0.6) is 0 Å². The molecule has 1 aromatic heterocycles. The van der Waals surface area contributed by atoms with E-state index in [2.05, 4.69) is 0 Å². The summed E-state index contributed by atoms with van der Waals surface area (Å²) < 4.78 is 1.26. The van der Waals surface area contributed by atoms with Crippen molar-refractivity contribution in [1.29, 1.82) is 0 Å². The van der Waals surface area contributed by atoms with E-state index in [0.29, 0.717) is 11.4 Å². The average Bonchev–Trinajstić information content (AvgIpc) is 3.13. The van der Waals surface area contributed by atoms with Crippen LogP contribution in [0.3, 0.4) is 0 Å². The van der Waals surface area contributed by atoms with Gasteiger partial charge in [-0.3, -0.25) is 9.59 Å². The second-order valence-corrected chi connectivity index (χ2v) is 7.19. The second-order valence-electron chi connectivity index (χ2n) is 6.18. The largest absolute Gasteiger partial charge is 0.274 e. The fourth-order valence-electron chi connectivity index (χ4n) is 3.29. The topological polar surface area (TPSA) is 52.0 Å². The number of carbonyl (C=O) groups excluding carboxylic acids is 1. The normalized spacial score (nSPS) is 15.7. The summed E-state index contributed by atoms with van der Waals surface area (Å²) in [6, 6.07) is 19.4. The maximum absolute atomic E-state index is 13.3. The molecule has 0 radical (unpaired) electrons. The number of benzene rings is 2. The molecule has 26 heavy (non-hydrogen) atoms. The minimum absolute atomic E-state index is 0.0306. The minimum atomic E-state index is -0.237. The fraction of sp³-hybridized carbons (Fsp3) is 0.190. The molecule has 0 saturated carbocycles. The predicted octanol–water partition coefficient (Wildman–Crippen LogP) is 4.20. The van der Waals surface area contributed by atoms with Crippen LogP contribution in [-0.4, -0.2) is 21.2 Å². The zero-order valence-corrected chi connectivity index (χ0v) is 15.2. The Hall–Kier alpha value is -2.66. The molecule has 0 fully saturated rings. The highest BCUT2D eigenvalue weighted by Gasteiger charge is 2.32. The van der Waals surface area contributed by atoms with Gasteiger partial charge in [0, 0.05) is 23.7 Å². The Morgan fingerprint density at radius 3 is 2.42 bits per heavy atom. The van der Waals surface area contributed by atoms with Crippen molar-refractivity contribution in [2.45, 2.75) is 24.3 Å². The van der Waals surface area contributed by atoms with Gasteiger partial charge in [-0.05, 0) is 5.56 Å². The van der Waals surface area contributed by atoms with Gasteiger partial charge in [0.2, 0.25) is 5.91 Å². The van der Waals surface area contributed by atoms with Crippen LogP contribution < -0.4 is 5.56 Å². The van der Waals surface area contributed by atoms with Crippen LogP contribution in [0.1, 0.15) is 35.2 Å². The van der Waals surface area contributed by atoms with Gasteiger partial charge in [0.25, 0.3) is 5.56 Å². The SMILES string of the molecule is CCC(=O)n1c(-c2ccccc2)nc2c(c1=O)[C@@H](c1ccccc1)CS2. The summed E-state index contributed by atoms with van der Waals surface area (Å²) in [5, 5.41) is 0.739. The summed E-state index contributed by atoms with van der Waals surface area (Å²) in [5.74, 6) is 0.937. The van der Waals surface area contributed by atoms with E-state index in [1.165, 1.54) is 4.57 Å². The summed E-state index contributed by atoms with van der Waals surface area (Å²) >= 11 is 1.59. The van der Waals surface area contributed by atoms with Crippen LogP contribution in [0.25, 0.3) is 11.4 Å². The molecule has 0 aliphatic carbocycles. The summed E-state index contributed by atoms with van der Waals surface area (Å²) in [6.45, 7) is 1.76. The van der Waals surface area contributed by atoms with Crippen LogP contribution in [0, 0.1) is 0 Å². The van der Waals surface area contributed by atoms with Gasteiger partial charge in [-0.25, -0.2) is 9.55 Å². The molecule has 2 heterocycles. The van der Waals surface area contributed by atoms with Gasteiger partial charge in [0.15, 0.2) is 5.82 Å². The van der Waals surface area contributed by atoms with E-state index in [1.54, 1.807) is 18.7 Å². The van der Waals surface area contributed by atoms with Crippen LogP contribution in [-0.2, 0) is 0 Å². The Bertz CT molecular complexity index is 1010. The van der Waals surface area contributed by atoms with E-state index in [9.17, 15) is 9.59 Å². The van der Waals surface area contributed by atoms with Crippen LogP contribution in [0.4, 0.5) is 0 Å². The van der Waals surface area contributed by atoms with Gasteiger partial charge in [-0.1, -0.05) is 67.6 Å². The standard InChI is InChI=1S/C21H18N2O2S/c1-2-17(24)23-19(15-11-7-4-8-12-15)22-20-18(21(23)25)16(13-26-20)14-9-5-3-6-10-14/h3-12,16H,2,13H2,1H3/t16-/m1/s1. The van der Waals surface area contributed by atoms with Crippen molar-refractivity contribution in [2.75, 3.05) is 5.75 Å². The molecule has 2 aromatic carbocycles. The van der Waals surface area contributed by atoms with Crippen LogP contribution >= 0.6 is 11.8 Å². The zero-order valence-electron chi connectivity index (χ0n) is 14.4. The number of hydrogen-bond donors (Lipinski definition) is 0. The molecule has 1 atom stereocenters. The number of hydrogen-bond acceptors (Lipinski definition) is 4. The average molecular weight is 362 g/mol. The fourth-order valence-corrected chi connectivity index (χ4v) is 4.51. The number of fused-ring (bicyclic) bond motifs is 1. The highest BCUT2D eigenvalue weighted by atomic mass is 32.2. The van der Waals surface area contributed by atoms with Gasteiger partial charge in [0.05, 0.1) is 5.56 Å². The Morgan fingerprint density at radius 1 is 1.12 bits per heavy atom. The lowest BCUT2D eigenvalue weighted by Crippen LogP contribution is -2.32. The Morgan fingerprint density at radius 2 is 1.77 bits per heavy atom. The van der Waals surface area contributed by atoms with Crippen molar-refractivity contribution in [3.63, 3.8) is 0 Å². The van der Waals surface area contributed by atoms with E-state index < -0.39 is 0 Å². The predicted molar refractivity (Wildman–Crippen MR) is 104 cm³/mol.